The van der Waals surface area contributed by atoms with E-state index in [4.69, 9.17) is 5.14 Å². The van der Waals surface area contributed by atoms with Crippen molar-refractivity contribution < 1.29 is 21.8 Å². The Morgan fingerprint density at radius 2 is 1.74 bits per heavy atom. The first-order valence-electron chi connectivity index (χ1n) is 4.71. The molecule has 1 aromatic carbocycles. The quantitative estimate of drug-likeness (QED) is 0.586. The first kappa shape index (κ1) is 15.5. The molecule has 0 heterocycles. The van der Waals surface area contributed by atoms with Gasteiger partial charge in [0.25, 0.3) is 5.69 Å². The number of primary sulfonamides is 1. The van der Waals surface area contributed by atoms with Gasteiger partial charge in [-0.05, 0) is 12.1 Å². The van der Waals surface area contributed by atoms with E-state index in [1.807, 2.05) is 0 Å². The van der Waals surface area contributed by atoms with Gasteiger partial charge in [0.15, 0.2) is 4.90 Å². The third kappa shape index (κ3) is 3.07. The van der Waals surface area contributed by atoms with Crippen molar-refractivity contribution >= 4 is 25.7 Å². The zero-order valence-corrected chi connectivity index (χ0v) is 11.6. The highest BCUT2D eigenvalue weighted by Gasteiger charge is 2.27. The molecule has 0 fully saturated rings. The summed E-state index contributed by atoms with van der Waals surface area (Å²) in [6, 6.07) is 2.40. The Labute approximate surface area is 109 Å². The molecular weight excluding hydrogens is 298 g/mol. The molecule has 0 aliphatic carbocycles. The molecule has 0 spiro atoms. The van der Waals surface area contributed by atoms with Crippen LogP contribution in [-0.4, -0.2) is 40.2 Å². The molecule has 0 saturated heterocycles. The van der Waals surface area contributed by atoms with E-state index in [1.54, 1.807) is 0 Å². The summed E-state index contributed by atoms with van der Waals surface area (Å²) in [5, 5.41) is 15.6. The summed E-state index contributed by atoms with van der Waals surface area (Å²) in [7, 11) is -5.72. The average molecular weight is 309 g/mol. The van der Waals surface area contributed by atoms with Crippen molar-refractivity contribution in [2.45, 2.75) is 9.79 Å². The van der Waals surface area contributed by atoms with Crippen LogP contribution in [0.2, 0.25) is 0 Å². The van der Waals surface area contributed by atoms with E-state index in [9.17, 15) is 26.9 Å². The molecule has 9 nitrogen and oxygen atoms in total. The van der Waals surface area contributed by atoms with Crippen LogP contribution in [0.25, 0.3) is 0 Å². The second-order valence-electron chi connectivity index (χ2n) is 3.72. The maximum atomic E-state index is 11.8. The van der Waals surface area contributed by atoms with Gasteiger partial charge in [0, 0.05) is 20.2 Å². The lowest BCUT2D eigenvalue weighted by Crippen LogP contribution is -2.22. The van der Waals surface area contributed by atoms with Crippen molar-refractivity contribution in [1.82, 2.24) is 4.31 Å². The second kappa shape index (κ2) is 4.85. The number of nitrogens with two attached hydrogens (primary N) is 1. The molecule has 0 radical (unpaired) electrons. The standard InChI is InChI=1S/C8H11N3O6S2/c1-10(2)19(16,17)6-3-4-8(18(9,14)15)7(5-6)11(12)13/h3-5H,1-2H3,(H2,9,14,15). The molecule has 106 valence electrons. The minimum Gasteiger partial charge on any atom is -0.258 e. The Kier molecular flexibility index (Phi) is 3.95. The number of nitro benzene ring substituents is 1. The van der Waals surface area contributed by atoms with E-state index in [2.05, 4.69) is 0 Å². The summed E-state index contributed by atoms with van der Waals surface area (Å²) >= 11 is 0. The molecule has 11 heteroatoms. The van der Waals surface area contributed by atoms with Crippen LogP contribution in [0.5, 0.6) is 0 Å². The Morgan fingerprint density at radius 1 is 1.21 bits per heavy atom. The van der Waals surface area contributed by atoms with Crippen molar-refractivity contribution in [2.75, 3.05) is 14.1 Å². The molecule has 1 rings (SSSR count). The Hall–Kier alpha value is -1.56. The van der Waals surface area contributed by atoms with Gasteiger partial charge in [-0.2, -0.15) is 0 Å². The average Bonchev–Trinajstić information content (AvgIpc) is 2.26. The summed E-state index contributed by atoms with van der Waals surface area (Å²) in [5.74, 6) is 0. The fourth-order valence-corrected chi connectivity index (χ4v) is 2.86. The highest BCUT2D eigenvalue weighted by atomic mass is 32.2. The highest BCUT2D eigenvalue weighted by Crippen LogP contribution is 2.26. The number of benzene rings is 1. The van der Waals surface area contributed by atoms with E-state index < -0.39 is 40.4 Å². The fraction of sp³-hybridized carbons (Fsp3) is 0.250. The van der Waals surface area contributed by atoms with Gasteiger partial charge >= 0.3 is 0 Å². The van der Waals surface area contributed by atoms with Crippen LogP contribution in [0.3, 0.4) is 0 Å². The fourth-order valence-electron chi connectivity index (χ4n) is 1.25. The largest absolute Gasteiger partial charge is 0.290 e. The van der Waals surface area contributed by atoms with Crippen molar-refractivity contribution in [3.8, 4) is 0 Å². The van der Waals surface area contributed by atoms with Crippen LogP contribution >= 0.6 is 0 Å². The minimum absolute atomic E-state index is 0.392. The number of nitrogens with zero attached hydrogens (tertiary/aromatic N) is 2. The molecule has 0 aliphatic heterocycles. The Bertz CT molecular complexity index is 723. The molecule has 2 N–H and O–H groups in total. The van der Waals surface area contributed by atoms with Gasteiger partial charge in [-0.25, -0.2) is 26.3 Å². The number of rotatable bonds is 4. The molecular formula is C8H11N3O6S2. The van der Waals surface area contributed by atoms with Crippen LogP contribution in [0.4, 0.5) is 5.69 Å². The summed E-state index contributed by atoms with van der Waals surface area (Å²) in [6.07, 6.45) is 0. The zero-order chi connectivity index (χ0) is 15.0. The topological polar surface area (TPSA) is 141 Å². The molecule has 0 aliphatic rings. The minimum atomic E-state index is -4.31. The van der Waals surface area contributed by atoms with Gasteiger partial charge in [0.1, 0.15) is 0 Å². The Balaban J connectivity index is 3.64. The number of hydrogen-bond acceptors (Lipinski definition) is 6. The van der Waals surface area contributed by atoms with Gasteiger partial charge in [-0.3, -0.25) is 10.1 Å². The third-order valence-corrected chi connectivity index (χ3v) is 4.98. The van der Waals surface area contributed by atoms with Crippen molar-refractivity contribution in [2.24, 2.45) is 5.14 Å². The molecule has 0 saturated carbocycles. The first-order chi connectivity index (χ1) is 8.48. The SMILES string of the molecule is CN(C)S(=O)(=O)c1ccc(S(N)(=O)=O)c([N+](=O)[O-])c1. The van der Waals surface area contributed by atoms with Crippen LogP contribution in [0, 0.1) is 10.1 Å². The van der Waals surface area contributed by atoms with Crippen molar-refractivity contribution in [1.29, 1.82) is 0 Å². The zero-order valence-electron chi connectivity index (χ0n) is 9.97. The van der Waals surface area contributed by atoms with Crippen LogP contribution < -0.4 is 5.14 Å². The van der Waals surface area contributed by atoms with Gasteiger partial charge in [-0.15, -0.1) is 0 Å². The second-order valence-corrected chi connectivity index (χ2v) is 7.40. The monoisotopic (exact) mass is 309 g/mol. The number of sulfonamides is 2. The van der Waals surface area contributed by atoms with Crippen LogP contribution in [0.1, 0.15) is 0 Å². The molecule has 0 unspecified atom stereocenters. The number of nitro groups is 1. The lowest BCUT2D eigenvalue weighted by molar-refractivity contribution is -0.388. The predicted molar refractivity (Wildman–Crippen MR) is 65.3 cm³/mol. The van der Waals surface area contributed by atoms with Gasteiger partial charge in [0.2, 0.25) is 20.0 Å². The van der Waals surface area contributed by atoms with Crippen LogP contribution in [-0.2, 0) is 20.0 Å². The molecule has 0 aromatic heterocycles. The molecule has 0 bridgehead atoms. The van der Waals surface area contributed by atoms with Gasteiger partial charge in [-0.1, -0.05) is 0 Å². The molecule has 19 heavy (non-hydrogen) atoms. The third-order valence-electron chi connectivity index (χ3n) is 2.21. The van der Waals surface area contributed by atoms with E-state index >= 15 is 0 Å². The van der Waals surface area contributed by atoms with Crippen LogP contribution in [0.15, 0.2) is 28.0 Å². The van der Waals surface area contributed by atoms with E-state index in [0.29, 0.717) is 6.07 Å². The van der Waals surface area contributed by atoms with Crippen molar-refractivity contribution in [3.05, 3.63) is 28.3 Å². The molecule has 0 atom stereocenters. The lowest BCUT2D eigenvalue weighted by atomic mass is 10.3. The maximum absolute atomic E-state index is 11.8. The lowest BCUT2D eigenvalue weighted by Gasteiger charge is -2.11. The molecule has 1 aromatic rings. The van der Waals surface area contributed by atoms with E-state index in [0.717, 1.165) is 16.4 Å². The highest BCUT2D eigenvalue weighted by molar-refractivity contribution is 7.89. The predicted octanol–water partition coefficient (Wildman–Crippen LogP) is -0.507. The first-order valence-corrected chi connectivity index (χ1v) is 7.70. The van der Waals surface area contributed by atoms with E-state index in [1.165, 1.54) is 14.1 Å². The smallest absolute Gasteiger partial charge is 0.258 e. The summed E-state index contributed by atoms with van der Waals surface area (Å²) < 4.78 is 46.8. The summed E-state index contributed by atoms with van der Waals surface area (Å²) in [5.41, 5.74) is -0.884. The Morgan fingerprint density at radius 3 is 2.11 bits per heavy atom. The van der Waals surface area contributed by atoms with E-state index in [-0.39, 0.29) is 0 Å². The summed E-state index contributed by atoms with van der Waals surface area (Å²) in [4.78, 5) is 8.66. The normalized spacial score (nSPS) is 12.6. The number of hydrogen-bond donors (Lipinski definition) is 1. The summed E-state index contributed by atoms with van der Waals surface area (Å²) in [6.45, 7) is 0. The molecule has 0 amide bonds. The van der Waals surface area contributed by atoms with Gasteiger partial charge < -0.3 is 0 Å². The van der Waals surface area contributed by atoms with Crippen molar-refractivity contribution in [3.63, 3.8) is 0 Å². The maximum Gasteiger partial charge on any atom is 0.290 e. The van der Waals surface area contributed by atoms with Gasteiger partial charge in [0.05, 0.1) is 9.82 Å².